The lowest BCUT2D eigenvalue weighted by Crippen LogP contribution is -2.41. The Balaban J connectivity index is 2.38. The molecule has 1 aromatic carbocycles. The first kappa shape index (κ1) is 15.6. The first-order valence-corrected chi connectivity index (χ1v) is 7.04. The Hall–Kier alpha value is -1.77. The van der Waals surface area contributed by atoms with Crippen molar-refractivity contribution in [3.8, 4) is 6.07 Å². The maximum absolute atomic E-state index is 12.6. The molecule has 0 aliphatic carbocycles. The number of carbonyl (C=O) groups excluding carboxylic acids is 2. The van der Waals surface area contributed by atoms with Gasteiger partial charge in [0.15, 0.2) is 0 Å². The first-order chi connectivity index (χ1) is 9.79. The predicted molar refractivity (Wildman–Crippen MR) is 78.8 cm³/mol. The van der Waals surface area contributed by atoms with Crippen LogP contribution in [0, 0.1) is 17.2 Å². The van der Waals surface area contributed by atoms with E-state index in [1.54, 1.807) is 26.0 Å². The van der Waals surface area contributed by atoms with Gasteiger partial charge in [0.2, 0.25) is 0 Å². The minimum absolute atomic E-state index is 0.0436. The highest BCUT2D eigenvalue weighted by Gasteiger charge is 2.50. The highest BCUT2D eigenvalue weighted by atomic mass is 35.5. The van der Waals surface area contributed by atoms with E-state index in [0.29, 0.717) is 15.6 Å². The summed E-state index contributed by atoms with van der Waals surface area (Å²) < 4.78 is 0. The molecule has 1 aliphatic rings. The van der Waals surface area contributed by atoms with Crippen molar-refractivity contribution in [1.29, 1.82) is 5.26 Å². The molecule has 5 nitrogen and oxygen atoms in total. The number of halogens is 2. The average Bonchev–Trinajstić information content (AvgIpc) is 2.62. The molecule has 1 saturated heterocycles. The average molecular weight is 326 g/mol. The van der Waals surface area contributed by atoms with E-state index in [-0.39, 0.29) is 6.54 Å². The van der Waals surface area contributed by atoms with Gasteiger partial charge in [0, 0.05) is 22.2 Å². The van der Waals surface area contributed by atoms with Crippen molar-refractivity contribution in [2.75, 3.05) is 6.54 Å². The van der Waals surface area contributed by atoms with Gasteiger partial charge in [0.1, 0.15) is 5.54 Å². The molecule has 2 rings (SSSR count). The van der Waals surface area contributed by atoms with Crippen molar-refractivity contribution < 1.29 is 9.59 Å². The summed E-state index contributed by atoms with van der Waals surface area (Å²) in [4.78, 5) is 25.6. The number of hydrogen-bond donors (Lipinski definition) is 1. The maximum atomic E-state index is 12.6. The molecule has 0 radical (unpaired) electrons. The monoisotopic (exact) mass is 325 g/mol. The van der Waals surface area contributed by atoms with E-state index < -0.39 is 23.4 Å². The fraction of sp³-hybridized carbons (Fsp3) is 0.357. The number of nitrogens with one attached hydrogen (secondary N) is 1. The molecule has 7 heteroatoms. The fourth-order valence-corrected chi connectivity index (χ4v) is 2.85. The Labute approximate surface area is 132 Å². The van der Waals surface area contributed by atoms with Gasteiger partial charge in [-0.2, -0.15) is 5.26 Å². The van der Waals surface area contributed by atoms with E-state index >= 15 is 0 Å². The minimum atomic E-state index is -1.26. The van der Waals surface area contributed by atoms with Crippen LogP contribution in [0.15, 0.2) is 18.2 Å². The van der Waals surface area contributed by atoms with Crippen LogP contribution in [-0.2, 0) is 10.3 Å². The first-order valence-electron chi connectivity index (χ1n) is 6.29. The summed E-state index contributed by atoms with van der Waals surface area (Å²) in [7, 11) is 0. The Morgan fingerprint density at radius 2 is 2.10 bits per heavy atom. The molecule has 3 amide bonds. The molecule has 1 heterocycles. The number of urea groups is 1. The zero-order valence-corrected chi connectivity index (χ0v) is 13.0. The lowest BCUT2D eigenvalue weighted by molar-refractivity contribution is -0.131. The van der Waals surface area contributed by atoms with Gasteiger partial charge in [-0.25, -0.2) is 4.79 Å². The van der Waals surface area contributed by atoms with Gasteiger partial charge in [-0.3, -0.25) is 9.69 Å². The topological polar surface area (TPSA) is 73.2 Å². The summed E-state index contributed by atoms with van der Waals surface area (Å²) in [5.41, 5.74) is -0.785. The lowest BCUT2D eigenvalue weighted by Gasteiger charge is -2.23. The van der Waals surface area contributed by atoms with Gasteiger partial charge < -0.3 is 5.32 Å². The van der Waals surface area contributed by atoms with Gasteiger partial charge in [0.25, 0.3) is 5.91 Å². The number of nitrogens with zero attached hydrogens (tertiary/aromatic N) is 2. The number of hydrogen-bond acceptors (Lipinski definition) is 3. The van der Waals surface area contributed by atoms with Crippen molar-refractivity contribution in [1.82, 2.24) is 10.2 Å². The quantitative estimate of drug-likeness (QED) is 0.868. The Morgan fingerprint density at radius 3 is 2.67 bits per heavy atom. The van der Waals surface area contributed by atoms with Crippen molar-refractivity contribution in [2.24, 2.45) is 5.92 Å². The molecule has 1 aliphatic heterocycles. The van der Waals surface area contributed by atoms with Crippen LogP contribution in [-0.4, -0.2) is 23.4 Å². The largest absolute Gasteiger partial charge is 0.325 e. The highest BCUT2D eigenvalue weighted by molar-refractivity contribution is 6.35. The van der Waals surface area contributed by atoms with Crippen LogP contribution in [0.1, 0.15) is 19.4 Å². The second kappa shape index (κ2) is 5.55. The number of benzene rings is 1. The molecule has 1 fully saturated rings. The van der Waals surface area contributed by atoms with E-state index in [0.717, 1.165) is 4.90 Å². The van der Waals surface area contributed by atoms with Crippen molar-refractivity contribution in [2.45, 2.75) is 19.4 Å². The molecule has 110 valence electrons. The molecule has 1 aromatic rings. The summed E-state index contributed by atoms with van der Waals surface area (Å²) in [5, 5.41) is 12.2. The van der Waals surface area contributed by atoms with Crippen LogP contribution < -0.4 is 5.32 Å². The van der Waals surface area contributed by atoms with Crippen LogP contribution in [0.4, 0.5) is 4.79 Å². The molecule has 0 saturated carbocycles. The molecule has 0 unspecified atom stereocenters. The zero-order valence-electron chi connectivity index (χ0n) is 11.5. The number of amides is 3. The summed E-state index contributed by atoms with van der Waals surface area (Å²) in [6.45, 7) is 3.27. The third kappa shape index (κ3) is 2.69. The predicted octanol–water partition coefficient (Wildman–Crippen LogP) is 2.92. The molecule has 0 aromatic heterocycles. The second-order valence-electron chi connectivity index (χ2n) is 5.13. The van der Waals surface area contributed by atoms with Gasteiger partial charge in [0.05, 0.1) is 12.0 Å². The summed E-state index contributed by atoms with van der Waals surface area (Å²) in [5.74, 6) is -0.874. The fourth-order valence-electron chi connectivity index (χ4n) is 2.25. The normalized spacial score (nSPS) is 22.9. The Kier molecular flexibility index (Phi) is 4.13. The van der Waals surface area contributed by atoms with E-state index in [9.17, 15) is 9.59 Å². The molecule has 1 N–H and O–H groups in total. The van der Waals surface area contributed by atoms with Crippen LogP contribution in [0.5, 0.6) is 0 Å². The zero-order chi connectivity index (χ0) is 15.8. The van der Waals surface area contributed by atoms with Gasteiger partial charge >= 0.3 is 6.03 Å². The SMILES string of the molecule is C[C@@H](C#N)CN1C(=O)N[C@](C)(c2ccc(Cl)cc2Cl)C1=O. The van der Waals surface area contributed by atoms with Crippen LogP contribution in [0.25, 0.3) is 0 Å². The van der Waals surface area contributed by atoms with Crippen LogP contribution in [0.2, 0.25) is 10.0 Å². The maximum Gasteiger partial charge on any atom is 0.325 e. The summed E-state index contributed by atoms with van der Waals surface area (Å²) in [6.07, 6.45) is 0. The van der Waals surface area contributed by atoms with Crippen LogP contribution in [0.3, 0.4) is 0 Å². The third-order valence-corrected chi connectivity index (χ3v) is 3.97. The smallest absolute Gasteiger partial charge is 0.319 e. The molecular formula is C14H13Cl2N3O2. The number of imide groups is 1. The van der Waals surface area contributed by atoms with Gasteiger partial charge in [-0.1, -0.05) is 29.3 Å². The molecule has 21 heavy (non-hydrogen) atoms. The number of nitriles is 1. The van der Waals surface area contributed by atoms with E-state index in [1.807, 2.05) is 6.07 Å². The minimum Gasteiger partial charge on any atom is -0.319 e. The Bertz CT molecular complexity index is 656. The van der Waals surface area contributed by atoms with E-state index in [4.69, 9.17) is 28.5 Å². The van der Waals surface area contributed by atoms with Crippen LogP contribution >= 0.6 is 23.2 Å². The summed E-state index contributed by atoms with van der Waals surface area (Å²) >= 11 is 12.0. The standard InChI is InChI=1S/C14H13Cl2N3O2/c1-8(6-17)7-19-12(20)14(2,18-13(19)21)10-4-3-9(15)5-11(10)16/h3-5,8H,7H2,1-2H3,(H,18,21)/t8-,14+/m0/s1. The number of rotatable bonds is 3. The third-order valence-electron chi connectivity index (χ3n) is 3.42. The second-order valence-corrected chi connectivity index (χ2v) is 5.97. The van der Waals surface area contributed by atoms with Gasteiger partial charge in [-0.05, 0) is 26.0 Å². The Morgan fingerprint density at radius 1 is 1.43 bits per heavy atom. The van der Waals surface area contributed by atoms with E-state index in [1.165, 1.54) is 6.07 Å². The molecule has 0 bridgehead atoms. The van der Waals surface area contributed by atoms with E-state index in [2.05, 4.69) is 5.32 Å². The molecular weight excluding hydrogens is 313 g/mol. The van der Waals surface area contributed by atoms with Crippen molar-refractivity contribution >= 4 is 35.1 Å². The summed E-state index contributed by atoms with van der Waals surface area (Å²) in [6, 6.07) is 6.20. The van der Waals surface area contributed by atoms with Gasteiger partial charge in [-0.15, -0.1) is 0 Å². The lowest BCUT2D eigenvalue weighted by atomic mass is 9.92. The molecule has 2 atom stereocenters. The molecule has 0 spiro atoms. The number of carbonyl (C=O) groups is 2. The van der Waals surface area contributed by atoms with Crippen molar-refractivity contribution in [3.05, 3.63) is 33.8 Å². The highest BCUT2D eigenvalue weighted by Crippen LogP contribution is 2.35. The van der Waals surface area contributed by atoms with Crippen molar-refractivity contribution in [3.63, 3.8) is 0 Å².